The highest BCUT2D eigenvalue weighted by molar-refractivity contribution is 9.10. The van der Waals surface area contributed by atoms with Crippen LogP contribution in [0.25, 0.3) is 0 Å². The lowest BCUT2D eigenvalue weighted by atomic mass is 10.1. The summed E-state index contributed by atoms with van der Waals surface area (Å²) in [7, 11) is 3.19. The molecular weight excluding hydrogens is 337 g/mol. The van der Waals surface area contributed by atoms with E-state index < -0.39 is 0 Å². The molecule has 0 aliphatic heterocycles. The maximum absolute atomic E-state index is 13.4. The highest BCUT2D eigenvalue weighted by Gasteiger charge is 2.09. The Balaban J connectivity index is 2.19. The Bertz CT molecular complexity index is 626. The summed E-state index contributed by atoms with van der Waals surface area (Å²) in [5.41, 5.74) is 2.62. The zero-order valence-electron chi connectivity index (χ0n) is 12.2. The van der Waals surface area contributed by atoms with Crippen LogP contribution in [-0.2, 0) is 6.54 Å². The van der Waals surface area contributed by atoms with Crippen molar-refractivity contribution in [2.24, 2.45) is 0 Å². The van der Waals surface area contributed by atoms with Crippen molar-refractivity contribution in [1.29, 1.82) is 0 Å². The van der Waals surface area contributed by atoms with Gasteiger partial charge in [-0.2, -0.15) is 0 Å². The van der Waals surface area contributed by atoms with Gasteiger partial charge in [0, 0.05) is 16.7 Å². The topological polar surface area (TPSA) is 30.5 Å². The van der Waals surface area contributed by atoms with Crippen LogP contribution in [0.4, 0.5) is 10.1 Å². The van der Waals surface area contributed by atoms with E-state index in [9.17, 15) is 4.39 Å². The smallest absolute Gasteiger partial charge is 0.161 e. The van der Waals surface area contributed by atoms with Gasteiger partial charge >= 0.3 is 0 Å². The molecule has 21 heavy (non-hydrogen) atoms. The van der Waals surface area contributed by atoms with Crippen molar-refractivity contribution in [2.75, 3.05) is 19.5 Å². The van der Waals surface area contributed by atoms with Crippen LogP contribution in [0.3, 0.4) is 0 Å². The molecule has 0 aliphatic carbocycles. The summed E-state index contributed by atoms with van der Waals surface area (Å²) in [4.78, 5) is 0. The van der Waals surface area contributed by atoms with Gasteiger partial charge in [0.25, 0.3) is 0 Å². The zero-order chi connectivity index (χ0) is 15.4. The average molecular weight is 354 g/mol. The quantitative estimate of drug-likeness (QED) is 0.856. The van der Waals surface area contributed by atoms with E-state index in [-0.39, 0.29) is 5.82 Å². The first-order chi connectivity index (χ1) is 10.0. The van der Waals surface area contributed by atoms with Crippen molar-refractivity contribution in [3.63, 3.8) is 0 Å². The Kier molecular flexibility index (Phi) is 5.07. The predicted molar refractivity (Wildman–Crippen MR) is 85.7 cm³/mol. The Morgan fingerprint density at radius 2 is 1.71 bits per heavy atom. The third-order valence-electron chi connectivity index (χ3n) is 3.08. The molecule has 0 unspecified atom stereocenters. The van der Waals surface area contributed by atoms with E-state index in [1.807, 2.05) is 25.1 Å². The van der Waals surface area contributed by atoms with E-state index in [0.29, 0.717) is 18.0 Å². The highest BCUT2D eigenvalue weighted by Crippen LogP contribution is 2.33. The lowest BCUT2D eigenvalue weighted by Crippen LogP contribution is -2.02. The Morgan fingerprint density at radius 3 is 2.33 bits per heavy atom. The number of nitrogens with one attached hydrogen (secondary N) is 1. The van der Waals surface area contributed by atoms with Crippen LogP contribution in [0, 0.1) is 12.7 Å². The van der Waals surface area contributed by atoms with Gasteiger partial charge in [-0.25, -0.2) is 4.39 Å². The molecule has 112 valence electrons. The van der Waals surface area contributed by atoms with Gasteiger partial charge in [0.15, 0.2) is 11.5 Å². The van der Waals surface area contributed by atoms with Crippen LogP contribution < -0.4 is 14.8 Å². The van der Waals surface area contributed by atoms with Crippen LogP contribution in [0.15, 0.2) is 34.8 Å². The maximum atomic E-state index is 13.4. The predicted octanol–water partition coefficient (Wildman–Crippen LogP) is 4.53. The molecule has 0 atom stereocenters. The number of ether oxygens (including phenoxy) is 2. The molecule has 5 heteroatoms. The minimum absolute atomic E-state index is 0.246. The molecule has 2 aromatic rings. The van der Waals surface area contributed by atoms with Crippen LogP contribution >= 0.6 is 15.9 Å². The van der Waals surface area contributed by atoms with Crippen molar-refractivity contribution < 1.29 is 13.9 Å². The summed E-state index contributed by atoms with van der Waals surface area (Å²) in [6.45, 7) is 2.41. The summed E-state index contributed by atoms with van der Waals surface area (Å²) in [5, 5.41) is 3.21. The number of hydrogen-bond donors (Lipinski definition) is 1. The second-order valence-electron chi connectivity index (χ2n) is 4.67. The van der Waals surface area contributed by atoms with Crippen LogP contribution in [0.2, 0.25) is 0 Å². The van der Waals surface area contributed by atoms with Gasteiger partial charge in [0.1, 0.15) is 5.82 Å². The van der Waals surface area contributed by atoms with Crippen LogP contribution in [-0.4, -0.2) is 14.2 Å². The zero-order valence-corrected chi connectivity index (χ0v) is 13.8. The Hall–Kier alpha value is -1.75. The monoisotopic (exact) mass is 353 g/mol. The second-order valence-corrected chi connectivity index (χ2v) is 5.52. The maximum Gasteiger partial charge on any atom is 0.161 e. The molecule has 1 N–H and O–H groups in total. The molecule has 0 fully saturated rings. The minimum atomic E-state index is -0.246. The van der Waals surface area contributed by atoms with Crippen molar-refractivity contribution in [3.8, 4) is 11.5 Å². The number of benzene rings is 2. The summed E-state index contributed by atoms with van der Waals surface area (Å²) < 4.78 is 24.8. The Morgan fingerprint density at radius 1 is 1.05 bits per heavy atom. The van der Waals surface area contributed by atoms with Gasteiger partial charge in [-0.1, -0.05) is 15.9 Å². The summed E-state index contributed by atoms with van der Waals surface area (Å²) in [6, 6.07) is 8.62. The number of hydrogen-bond acceptors (Lipinski definition) is 3. The number of aryl methyl sites for hydroxylation is 1. The van der Waals surface area contributed by atoms with E-state index in [1.54, 1.807) is 14.2 Å². The van der Waals surface area contributed by atoms with E-state index in [0.717, 1.165) is 21.3 Å². The fourth-order valence-electron chi connectivity index (χ4n) is 2.07. The van der Waals surface area contributed by atoms with E-state index in [2.05, 4.69) is 21.2 Å². The van der Waals surface area contributed by atoms with Crippen molar-refractivity contribution >= 4 is 21.6 Å². The lowest BCUT2D eigenvalue weighted by molar-refractivity contribution is 0.354. The van der Waals surface area contributed by atoms with E-state index in [1.165, 1.54) is 12.1 Å². The molecule has 0 radical (unpaired) electrons. The van der Waals surface area contributed by atoms with Crippen molar-refractivity contribution in [1.82, 2.24) is 0 Å². The van der Waals surface area contributed by atoms with Crippen molar-refractivity contribution in [3.05, 3.63) is 51.7 Å². The molecule has 0 heterocycles. The van der Waals surface area contributed by atoms with Gasteiger partial charge in [-0.3, -0.25) is 0 Å². The Labute approximate surface area is 132 Å². The molecular formula is C16H17BrFNO2. The van der Waals surface area contributed by atoms with Crippen LogP contribution in [0.5, 0.6) is 11.5 Å². The third-order valence-corrected chi connectivity index (χ3v) is 3.82. The molecule has 0 saturated heterocycles. The SMILES string of the molecule is COc1cc(Br)c(CNc2cc(C)cc(F)c2)cc1OC. The van der Waals surface area contributed by atoms with Gasteiger partial charge < -0.3 is 14.8 Å². The normalized spacial score (nSPS) is 10.3. The van der Waals surface area contributed by atoms with Gasteiger partial charge in [0.2, 0.25) is 0 Å². The van der Waals surface area contributed by atoms with E-state index in [4.69, 9.17) is 9.47 Å². The first-order valence-corrected chi connectivity index (χ1v) is 7.24. The molecule has 0 amide bonds. The highest BCUT2D eigenvalue weighted by atomic mass is 79.9. The summed E-state index contributed by atoms with van der Waals surface area (Å²) >= 11 is 3.50. The van der Waals surface area contributed by atoms with E-state index >= 15 is 0 Å². The largest absolute Gasteiger partial charge is 0.493 e. The third kappa shape index (κ3) is 3.88. The van der Waals surface area contributed by atoms with Crippen LogP contribution in [0.1, 0.15) is 11.1 Å². The fourth-order valence-corrected chi connectivity index (χ4v) is 2.53. The molecule has 2 rings (SSSR count). The molecule has 2 aromatic carbocycles. The molecule has 0 aromatic heterocycles. The van der Waals surface area contributed by atoms with Gasteiger partial charge in [0.05, 0.1) is 14.2 Å². The molecule has 0 bridgehead atoms. The standard InChI is InChI=1S/C16H17BrFNO2/c1-10-4-12(18)7-13(5-10)19-9-11-6-15(20-2)16(21-3)8-14(11)17/h4-8,19H,9H2,1-3H3. The summed E-state index contributed by atoms with van der Waals surface area (Å²) in [6.07, 6.45) is 0. The number of halogens is 2. The molecule has 0 saturated carbocycles. The lowest BCUT2D eigenvalue weighted by Gasteiger charge is -2.13. The summed E-state index contributed by atoms with van der Waals surface area (Å²) in [5.74, 6) is 1.08. The fraction of sp³-hybridized carbons (Fsp3) is 0.250. The number of anilines is 1. The second kappa shape index (κ2) is 6.80. The molecule has 0 spiro atoms. The van der Waals surface area contributed by atoms with Crippen molar-refractivity contribution in [2.45, 2.75) is 13.5 Å². The molecule has 0 aliphatic rings. The average Bonchev–Trinajstić information content (AvgIpc) is 2.44. The van der Waals surface area contributed by atoms with Gasteiger partial charge in [-0.05, 0) is 48.4 Å². The molecule has 3 nitrogen and oxygen atoms in total. The first-order valence-electron chi connectivity index (χ1n) is 6.45. The number of methoxy groups -OCH3 is 2. The number of rotatable bonds is 5. The first kappa shape index (κ1) is 15.6. The minimum Gasteiger partial charge on any atom is -0.493 e. The van der Waals surface area contributed by atoms with Gasteiger partial charge in [-0.15, -0.1) is 0 Å².